The zero-order valence-corrected chi connectivity index (χ0v) is 17.0. The SMILES string of the molecule is CC1CN(C(=O)C(C)OC(=O)CCCc2nc3ccccc3c(=O)[nH]2)CC(C)O1. The van der Waals surface area contributed by atoms with Gasteiger partial charge in [0, 0.05) is 25.9 Å². The lowest BCUT2D eigenvalue weighted by molar-refractivity contribution is -0.164. The van der Waals surface area contributed by atoms with E-state index in [1.807, 2.05) is 19.9 Å². The van der Waals surface area contributed by atoms with Crippen LogP contribution >= 0.6 is 0 Å². The normalized spacial score (nSPS) is 20.4. The van der Waals surface area contributed by atoms with E-state index < -0.39 is 12.1 Å². The smallest absolute Gasteiger partial charge is 0.306 e. The monoisotopic (exact) mass is 401 g/mol. The molecule has 0 aliphatic carbocycles. The van der Waals surface area contributed by atoms with Crippen molar-refractivity contribution in [3.8, 4) is 0 Å². The summed E-state index contributed by atoms with van der Waals surface area (Å²) in [5, 5.41) is 0.537. The van der Waals surface area contributed by atoms with Gasteiger partial charge in [0.25, 0.3) is 11.5 Å². The summed E-state index contributed by atoms with van der Waals surface area (Å²) in [6, 6.07) is 7.11. The zero-order valence-electron chi connectivity index (χ0n) is 17.0. The highest BCUT2D eigenvalue weighted by Crippen LogP contribution is 2.13. The zero-order chi connectivity index (χ0) is 21.0. The third kappa shape index (κ3) is 5.41. The number of fused-ring (bicyclic) bond motifs is 1. The van der Waals surface area contributed by atoms with Crippen LogP contribution in [0.2, 0.25) is 0 Å². The maximum atomic E-state index is 12.5. The minimum absolute atomic E-state index is 0.0396. The molecule has 3 unspecified atom stereocenters. The van der Waals surface area contributed by atoms with Gasteiger partial charge in [-0.2, -0.15) is 0 Å². The number of rotatable bonds is 6. The second-order valence-corrected chi connectivity index (χ2v) is 7.52. The fourth-order valence-electron chi connectivity index (χ4n) is 3.57. The summed E-state index contributed by atoms with van der Waals surface area (Å²) < 4.78 is 10.9. The average Bonchev–Trinajstić information content (AvgIpc) is 2.66. The van der Waals surface area contributed by atoms with Crippen LogP contribution in [0.5, 0.6) is 0 Å². The van der Waals surface area contributed by atoms with Gasteiger partial charge in [0.15, 0.2) is 6.10 Å². The molecular formula is C21H27N3O5. The van der Waals surface area contributed by atoms with Crippen molar-refractivity contribution < 1.29 is 19.1 Å². The first-order chi connectivity index (χ1) is 13.8. The average molecular weight is 401 g/mol. The predicted molar refractivity (Wildman–Crippen MR) is 107 cm³/mol. The van der Waals surface area contributed by atoms with Gasteiger partial charge in [-0.3, -0.25) is 14.4 Å². The molecule has 1 N–H and O–H groups in total. The molecule has 2 aromatic rings. The van der Waals surface area contributed by atoms with Crippen molar-refractivity contribution in [3.63, 3.8) is 0 Å². The number of morpholine rings is 1. The third-order valence-corrected chi connectivity index (χ3v) is 4.84. The van der Waals surface area contributed by atoms with E-state index in [1.54, 1.807) is 30.0 Å². The van der Waals surface area contributed by atoms with Crippen molar-refractivity contribution >= 4 is 22.8 Å². The lowest BCUT2D eigenvalue weighted by Crippen LogP contribution is -2.51. The maximum absolute atomic E-state index is 12.5. The number of amides is 1. The predicted octanol–water partition coefficient (Wildman–Crippen LogP) is 1.81. The van der Waals surface area contributed by atoms with E-state index in [9.17, 15) is 14.4 Å². The maximum Gasteiger partial charge on any atom is 0.306 e. The van der Waals surface area contributed by atoms with Crippen LogP contribution in [0.15, 0.2) is 29.1 Å². The van der Waals surface area contributed by atoms with Crippen molar-refractivity contribution in [3.05, 3.63) is 40.4 Å². The number of H-pyrrole nitrogens is 1. The van der Waals surface area contributed by atoms with Crippen LogP contribution in [-0.4, -0.2) is 58.1 Å². The van der Waals surface area contributed by atoms with Crippen molar-refractivity contribution in [2.75, 3.05) is 13.1 Å². The largest absolute Gasteiger partial charge is 0.453 e. The van der Waals surface area contributed by atoms with Gasteiger partial charge in [0.05, 0.1) is 23.1 Å². The van der Waals surface area contributed by atoms with Crippen molar-refractivity contribution in [2.45, 2.75) is 58.3 Å². The summed E-state index contributed by atoms with van der Waals surface area (Å²) in [4.78, 5) is 45.6. The summed E-state index contributed by atoms with van der Waals surface area (Å²) >= 11 is 0. The molecule has 29 heavy (non-hydrogen) atoms. The topological polar surface area (TPSA) is 102 Å². The fraction of sp³-hybridized carbons (Fsp3) is 0.524. The Morgan fingerprint density at radius 1 is 1.28 bits per heavy atom. The lowest BCUT2D eigenvalue weighted by Gasteiger charge is -2.36. The first kappa shape index (κ1) is 21.0. The Morgan fingerprint density at radius 3 is 2.69 bits per heavy atom. The Balaban J connectivity index is 1.48. The number of hydrogen-bond donors (Lipinski definition) is 1. The molecular weight excluding hydrogens is 374 g/mol. The van der Waals surface area contributed by atoms with E-state index in [0.29, 0.717) is 42.7 Å². The number of benzene rings is 1. The van der Waals surface area contributed by atoms with E-state index in [0.717, 1.165) is 0 Å². The van der Waals surface area contributed by atoms with E-state index in [1.165, 1.54) is 0 Å². The number of nitrogens with one attached hydrogen (secondary N) is 1. The molecule has 1 fully saturated rings. The number of para-hydroxylation sites is 1. The summed E-state index contributed by atoms with van der Waals surface area (Å²) in [5.41, 5.74) is 0.434. The molecule has 156 valence electrons. The summed E-state index contributed by atoms with van der Waals surface area (Å²) in [5.74, 6) is -0.119. The minimum atomic E-state index is -0.835. The van der Waals surface area contributed by atoms with Gasteiger partial charge in [-0.15, -0.1) is 0 Å². The van der Waals surface area contributed by atoms with Gasteiger partial charge in [-0.25, -0.2) is 4.98 Å². The Hall–Kier alpha value is -2.74. The number of ether oxygens (including phenoxy) is 2. The second-order valence-electron chi connectivity index (χ2n) is 7.52. The van der Waals surface area contributed by atoms with E-state index in [4.69, 9.17) is 9.47 Å². The summed E-state index contributed by atoms with van der Waals surface area (Å²) in [6.45, 7) is 6.40. The van der Waals surface area contributed by atoms with E-state index in [2.05, 4.69) is 9.97 Å². The number of aromatic amines is 1. The van der Waals surface area contributed by atoms with E-state index >= 15 is 0 Å². The molecule has 0 spiro atoms. The Kier molecular flexibility index (Phi) is 6.64. The van der Waals surface area contributed by atoms with Gasteiger partial charge >= 0.3 is 5.97 Å². The molecule has 8 nitrogen and oxygen atoms in total. The fourth-order valence-corrected chi connectivity index (χ4v) is 3.57. The number of hydrogen-bond acceptors (Lipinski definition) is 6. The molecule has 1 aliphatic rings. The van der Waals surface area contributed by atoms with Gasteiger partial charge in [-0.1, -0.05) is 12.1 Å². The molecule has 0 saturated carbocycles. The molecule has 0 radical (unpaired) electrons. The van der Waals surface area contributed by atoms with Crippen LogP contribution in [0, 0.1) is 0 Å². The van der Waals surface area contributed by atoms with Crippen molar-refractivity contribution in [1.82, 2.24) is 14.9 Å². The number of aromatic nitrogens is 2. The molecule has 1 saturated heterocycles. The Morgan fingerprint density at radius 2 is 1.97 bits per heavy atom. The highest BCUT2D eigenvalue weighted by Gasteiger charge is 2.30. The summed E-state index contributed by atoms with van der Waals surface area (Å²) in [7, 11) is 0. The molecule has 1 aliphatic heterocycles. The Bertz CT molecular complexity index is 931. The van der Waals surface area contributed by atoms with E-state index in [-0.39, 0.29) is 30.1 Å². The first-order valence-electron chi connectivity index (χ1n) is 9.95. The number of nitrogens with zero attached hydrogens (tertiary/aromatic N) is 2. The highest BCUT2D eigenvalue weighted by atomic mass is 16.5. The lowest BCUT2D eigenvalue weighted by atomic mass is 10.2. The first-order valence-corrected chi connectivity index (χ1v) is 9.95. The third-order valence-electron chi connectivity index (χ3n) is 4.84. The van der Waals surface area contributed by atoms with Gasteiger partial charge in [0.1, 0.15) is 5.82 Å². The minimum Gasteiger partial charge on any atom is -0.453 e. The van der Waals surface area contributed by atoms with Crippen LogP contribution in [0.4, 0.5) is 0 Å². The Labute approximate surface area is 169 Å². The van der Waals surface area contributed by atoms with Crippen molar-refractivity contribution in [2.24, 2.45) is 0 Å². The van der Waals surface area contributed by atoms with Gasteiger partial charge in [-0.05, 0) is 39.3 Å². The molecule has 1 aromatic carbocycles. The van der Waals surface area contributed by atoms with Crippen molar-refractivity contribution in [1.29, 1.82) is 0 Å². The summed E-state index contributed by atoms with van der Waals surface area (Å²) in [6.07, 6.45) is 0.134. The highest BCUT2D eigenvalue weighted by molar-refractivity contribution is 5.83. The number of carbonyl (C=O) groups is 2. The van der Waals surface area contributed by atoms with Crippen LogP contribution in [0.25, 0.3) is 10.9 Å². The second kappa shape index (κ2) is 9.17. The number of esters is 1. The molecule has 2 heterocycles. The molecule has 8 heteroatoms. The van der Waals surface area contributed by atoms with Gasteiger partial charge < -0.3 is 19.4 Å². The van der Waals surface area contributed by atoms with Crippen LogP contribution in [0.1, 0.15) is 39.4 Å². The molecule has 1 aromatic heterocycles. The molecule has 3 atom stereocenters. The molecule has 1 amide bonds. The van der Waals surface area contributed by atoms with Gasteiger partial charge in [0.2, 0.25) is 0 Å². The quantitative estimate of drug-likeness (QED) is 0.741. The van der Waals surface area contributed by atoms with Crippen LogP contribution in [-0.2, 0) is 25.5 Å². The molecule has 3 rings (SSSR count). The van der Waals surface area contributed by atoms with Crippen LogP contribution < -0.4 is 5.56 Å². The number of carbonyl (C=O) groups excluding carboxylic acids is 2. The standard InChI is InChI=1S/C21H27N3O5/c1-13-11-24(12-14(2)28-13)21(27)15(3)29-19(25)10-6-9-18-22-17-8-5-4-7-16(17)20(26)23-18/h4-5,7-8,13-15H,6,9-12H2,1-3H3,(H,22,23,26). The molecule has 0 bridgehead atoms. The van der Waals surface area contributed by atoms with Crippen LogP contribution in [0.3, 0.4) is 0 Å². The number of aryl methyl sites for hydroxylation is 1.